The van der Waals surface area contributed by atoms with E-state index in [1.54, 1.807) is 11.8 Å². The van der Waals surface area contributed by atoms with Crippen molar-refractivity contribution in [1.29, 1.82) is 0 Å². The highest BCUT2D eigenvalue weighted by atomic mass is 32.1. The number of hydrogen-bond acceptors (Lipinski definition) is 5. The predicted octanol–water partition coefficient (Wildman–Crippen LogP) is 2.38. The normalized spacial score (nSPS) is 15.8. The lowest BCUT2D eigenvalue weighted by Crippen LogP contribution is -2.19. The highest BCUT2D eigenvalue weighted by Crippen LogP contribution is 2.36. The van der Waals surface area contributed by atoms with Crippen molar-refractivity contribution in [3.8, 4) is 5.88 Å². The number of aryl methyl sites for hydroxylation is 4. The molecule has 0 fully saturated rings. The van der Waals surface area contributed by atoms with Gasteiger partial charge in [0.15, 0.2) is 0 Å². The number of methoxy groups -OCH3 is 1. The van der Waals surface area contributed by atoms with Gasteiger partial charge in [-0.1, -0.05) is 0 Å². The van der Waals surface area contributed by atoms with Crippen molar-refractivity contribution < 1.29 is 4.74 Å². The van der Waals surface area contributed by atoms with Gasteiger partial charge in [-0.3, -0.25) is 0 Å². The average molecular weight is 306 g/mol. The molecule has 1 aliphatic rings. The summed E-state index contributed by atoms with van der Waals surface area (Å²) >= 11 is 1.83. The summed E-state index contributed by atoms with van der Waals surface area (Å²) in [5.74, 6) is 0.806. The van der Waals surface area contributed by atoms with Gasteiger partial charge in [-0.25, -0.2) is 9.67 Å². The molecule has 0 spiro atoms. The first kappa shape index (κ1) is 14.5. The quantitative estimate of drug-likeness (QED) is 0.942. The second-order valence-corrected chi connectivity index (χ2v) is 6.60. The topological polar surface area (TPSA) is 52.0 Å². The van der Waals surface area contributed by atoms with E-state index in [1.165, 1.54) is 29.8 Å². The number of aromatic nitrogens is 3. The van der Waals surface area contributed by atoms with Gasteiger partial charge in [-0.15, -0.1) is 11.3 Å². The smallest absolute Gasteiger partial charge is 0.216 e. The van der Waals surface area contributed by atoms with Crippen molar-refractivity contribution in [2.75, 3.05) is 14.2 Å². The molecule has 0 aromatic carbocycles. The molecule has 2 aromatic rings. The van der Waals surface area contributed by atoms with Gasteiger partial charge in [0, 0.05) is 11.9 Å². The van der Waals surface area contributed by atoms with Crippen molar-refractivity contribution in [2.24, 2.45) is 7.05 Å². The van der Waals surface area contributed by atoms with Gasteiger partial charge in [0.2, 0.25) is 5.88 Å². The minimum Gasteiger partial charge on any atom is -0.481 e. The van der Waals surface area contributed by atoms with Crippen LogP contribution in [0.3, 0.4) is 0 Å². The number of hydrogen-bond donors (Lipinski definition) is 1. The molecule has 6 heteroatoms. The minimum atomic E-state index is 0.0456. The molecule has 2 aromatic heterocycles. The molecule has 0 radical (unpaired) electrons. The van der Waals surface area contributed by atoms with E-state index in [0.29, 0.717) is 0 Å². The standard InChI is InChI=1S/C15H22N4OS/c1-9-12(15(20-4)19(3)18-9)13(16-2)14-17-10-7-5-6-8-11(10)21-14/h13,16H,5-8H2,1-4H3. The minimum absolute atomic E-state index is 0.0456. The first-order valence-corrected chi connectivity index (χ1v) is 8.20. The second kappa shape index (κ2) is 5.77. The molecule has 21 heavy (non-hydrogen) atoms. The Kier molecular flexibility index (Phi) is 3.99. The zero-order valence-corrected chi connectivity index (χ0v) is 13.9. The van der Waals surface area contributed by atoms with Crippen molar-refractivity contribution in [3.63, 3.8) is 0 Å². The molecular formula is C15H22N4OS. The monoisotopic (exact) mass is 306 g/mol. The summed E-state index contributed by atoms with van der Waals surface area (Å²) in [6, 6.07) is 0.0456. The molecule has 114 valence electrons. The molecule has 0 aliphatic heterocycles. The van der Waals surface area contributed by atoms with Crippen LogP contribution in [-0.4, -0.2) is 28.9 Å². The van der Waals surface area contributed by atoms with Crippen LogP contribution in [-0.2, 0) is 19.9 Å². The Bertz CT molecular complexity index is 623. The Morgan fingerprint density at radius 3 is 2.76 bits per heavy atom. The molecule has 3 rings (SSSR count). The van der Waals surface area contributed by atoms with Gasteiger partial charge in [0.1, 0.15) is 5.01 Å². The van der Waals surface area contributed by atoms with Gasteiger partial charge >= 0.3 is 0 Å². The number of nitrogens with one attached hydrogen (secondary N) is 1. The zero-order valence-electron chi connectivity index (χ0n) is 13.1. The summed E-state index contributed by atoms with van der Waals surface area (Å²) in [5.41, 5.74) is 3.37. The molecule has 0 bridgehead atoms. The first-order valence-electron chi connectivity index (χ1n) is 7.39. The molecule has 0 saturated carbocycles. The number of thiazole rings is 1. The molecule has 1 aliphatic carbocycles. The van der Waals surface area contributed by atoms with Gasteiger partial charge < -0.3 is 10.1 Å². The fourth-order valence-electron chi connectivity index (χ4n) is 3.11. The Balaban J connectivity index is 2.04. The molecule has 1 unspecified atom stereocenters. The van der Waals surface area contributed by atoms with Gasteiger partial charge in [-0.2, -0.15) is 5.10 Å². The van der Waals surface area contributed by atoms with E-state index in [9.17, 15) is 0 Å². The van der Waals surface area contributed by atoms with Crippen LogP contribution in [0.1, 0.15) is 45.7 Å². The molecule has 2 heterocycles. The summed E-state index contributed by atoms with van der Waals surface area (Å²) in [6.45, 7) is 2.02. The summed E-state index contributed by atoms with van der Waals surface area (Å²) < 4.78 is 7.33. The molecule has 5 nitrogen and oxygen atoms in total. The van der Waals surface area contributed by atoms with E-state index in [1.807, 2.05) is 32.4 Å². The third-order valence-corrected chi connectivity index (χ3v) is 5.32. The number of nitrogens with zero attached hydrogens (tertiary/aromatic N) is 3. The summed E-state index contributed by atoms with van der Waals surface area (Å²) in [4.78, 5) is 6.34. The maximum atomic E-state index is 5.54. The Hall–Kier alpha value is -1.40. The lowest BCUT2D eigenvalue weighted by atomic mass is 10.0. The average Bonchev–Trinajstić information content (AvgIpc) is 3.01. The van der Waals surface area contributed by atoms with Crippen LogP contribution in [0.15, 0.2) is 0 Å². The van der Waals surface area contributed by atoms with Gasteiger partial charge in [0.05, 0.1) is 30.1 Å². The number of fused-ring (bicyclic) bond motifs is 1. The van der Waals surface area contributed by atoms with E-state index in [4.69, 9.17) is 9.72 Å². The third kappa shape index (κ3) is 2.46. The van der Waals surface area contributed by atoms with Gasteiger partial charge in [-0.05, 0) is 39.7 Å². The molecule has 0 saturated heterocycles. The maximum Gasteiger partial charge on any atom is 0.216 e. The zero-order chi connectivity index (χ0) is 15.0. The van der Waals surface area contributed by atoms with Crippen molar-refractivity contribution in [1.82, 2.24) is 20.1 Å². The maximum absolute atomic E-state index is 5.54. The summed E-state index contributed by atoms with van der Waals surface area (Å²) in [7, 11) is 5.57. The fourth-order valence-corrected chi connectivity index (χ4v) is 4.39. The predicted molar refractivity (Wildman–Crippen MR) is 84.2 cm³/mol. The van der Waals surface area contributed by atoms with Crippen LogP contribution in [0.5, 0.6) is 5.88 Å². The van der Waals surface area contributed by atoms with E-state index in [0.717, 1.165) is 28.6 Å². The number of ether oxygens (including phenoxy) is 1. The van der Waals surface area contributed by atoms with E-state index in [2.05, 4.69) is 10.4 Å². The fraction of sp³-hybridized carbons (Fsp3) is 0.600. The van der Waals surface area contributed by atoms with Crippen LogP contribution < -0.4 is 10.1 Å². The first-order chi connectivity index (χ1) is 10.2. The van der Waals surface area contributed by atoms with Crippen molar-refractivity contribution in [2.45, 2.75) is 38.6 Å². The van der Waals surface area contributed by atoms with Crippen molar-refractivity contribution >= 4 is 11.3 Å². The van der Waals surface area contributed by atoms with Crippen molar-refractivity contribution in [3.05, 3.63) is 26.8 Å². The molecular weight excluding hydrogens is 284 g/mol. The lowest BCUT2D eigenvalue weighted by Gasteiger charge is -2.15. The SMILES string of the molecule is CNC(c1nc2c(s1)CCCC2)c1c(C)nn(C)c1OC. The number of rotatable bonds is 4. The van der Waals surface area contributed by atoms with Crippen LogP contribution in [0.25, 0.3) is 0 Å². The molecule has 1 atom stereocenters. The van der Waals surface area contributed by atoms with Gasteiger partial charge in [0.25, 0.3) is 0 Å². The van der Waals surface area contributed by atoms with Crippen LogP contribution in [0.2, 0.25) is 0 Å². The molecule has 1 N–H and O–H groups in total. The largest absolute Gasteiger partial charge is 0.481 e. The Morgan fingerprint density at radius 2 is 2.10 bits per heavy atom. The highest BCUT2D eigenvalue weighted by Gasteiger charge is 2.27. The molecule has 0 amide bonds. The highest BCUT2D eigenvalue weighted by molar-refractivity contribution is 7.11. The van der Waals surface area contributed by atoms with Crippen LogP contribution in [0.4, 0.5) is 0 Å². The Labute approximate surface area is 129 Å². The summed E-state index contributed by atoms with van der Waals surface area (Å²) in [6.07, 6.45) is 4.84. The summed E-state index contributed by atoms with van der Waals surface area (Å²) in [5, 5.41) is 9.00. The van der Waals surface area contributed by atoms with E-state index < -0.39 is 0 Å². The van der Waals surface area contributed by atoms with E-state index >= 15 is 0 Å². The van der Waals surface area contributed by atoms with Crippen LogP contribution in [0, 0.1) is 6.92 Å². The Morgan fingerprint density at radius 1 is 1.33 bits per heavy atom. The lowest BCUT2D eigenvalue weighted by molar-refractivity contribution is 0.366. The second-order valence-electron chi connectivity index (χ2n) is 5.48. The van der Waals surface area contributed by atoms with E-state index in [-0.39, 0.29) is 6.04 Å². The third-order valence-electron chi connectivity index (χ3n) is 4.09. The van der Waals surface area contributed by atoms with Crippen LogP contribution >= 0.6 is 11.3 Å².